The van der Waals surface area contributed by atoms with Crippen molar-refractivity contribution in [3.05, 3.63) is 46.4 Å². The number of hydrogen-bond donors (Lipinski definition) is 2. The summed E-state index contributed by atoms with van der Waals surface area (Å²) < 4.78 is 0. The number of nitrogens with zero attached hydrogens (tertiary/aromatic N) is 1. The van der Waals surface area contributed by atoms with Gasteiger partial charge in [-0.15, -0.1) is 11.3 Å². The lowest BCUT2D eigenvalue weighted by atomic mass is 10.1. The fraction of sp³-hybridized carbons (Fsp3) is 0.286. The number of carbonyl (C=O) groups is 1. The van der Waals surface area contributed by atoms with E-state index in [1.807, 2.05) is 35.2 Å². The third-order valence-corrected chi connectivity index (χ3v) is 3.42. The maximum absolute atomic E-state index is 11.0. The van der Waals surface area contributed by atoms with Crippen molar-refractivity contribution in [2.45, 2.75) is 26.4 Å². The molecule has 0 aliphatic heterocycles. The summed E-state index contributed by atoms with van der Waals surface area (Å²) in [5.41, 5.74) is 4.85. The molecule has 0 saturated heterocycles. The van der Waals surface area contributed by atoms with Gasteiger partial charge in [0.1, 0.15) is 0 Å². The van der Waals surface area contributed by atoms with Crippen molar-refractivity contribution in [3.63, 3.8) is 0 Å². The maximum Gasteiger partial charge on any atom is 0.221 e. The molecule has 5 heteroatoms. The van der Waals surface area contributed by atoms with E-state index < -0.39 is 0 Å². The number of benzene rings is 1. The fourth-order valence-electron chi connectivity index (χ4n) is 1.79. The Morgan fingerprint density at radius 3 is 3.00 bits per heavy atom. The van der Waals surface area contributed by atoms with E-state index in [9.17, 15) is 4.79 Å². The van der Waals surface area contributed by atoms with Gasteiger partial charge in [0, 0.05) is 30.6 Å². The number of carbonyl (C=O) groups excluding carboxylic acids is 1. The molecule has 0 fully saturated rings. The van der Waals surface area contributed by atoms with Crippen LogP contribution >= 0.6 is 11.3 Å². The molecule has 100 valence electrons. The molecular formula is C14H17N3OS. The second-order valence-corrected chi connectivity index (χ2v) is 5.11. The van der Waals surface area contributed by atoms with Crippen LogP contribution in [0.3, 0.4) is 0 Å². The van der Waals surface area contributed by atoms with E-state index in [-0.39, 0.29) is 11.9 Å². The number of anilines is 1. The van der Waals surface area contributed by atoms with Gasteiger partial charge >= 0.3 is 0 Å². The fourth-order valence-corrected chi connectivity index (χ4v) is 2.35. The molecule has 0 aliphatic rings. The first-order chi connectivity index (χ1) is 9.15. The predicted octanol–water partition coefficient (Wildman–Crippen LogP) is 2.95. The largest absolute Gasteiger partial charge is 0.326 e. The number of thiazole rings is 1. The Balaban J connectivity index is 1.98. The average Bonchev–Trinajstić information content (AvgIpc) is 2.88. The van der Waals surface area contributed by atoms with Crippen molar-refractivity contribution in [1.29, 1.82) is 0 Å². The molecule has 1 heterocycles. The molecule has 2 aromatic rings. The van der Waals surface area contributed by atoms with Crippen molar-refractivity contribution in [2.24, 2.45) is 0 Å². The zero-order chi connectivity index (χ0) is 13.7. The standard InChI is InChI=1S/C14H17N3OS/c1-10(15-7-14-8-19-9-16-14)12-4-3-5-13(6-12)17-11(2)18/h3-6,8-10,15H,7H2,1-2H3,(H,17,18). The van der Waals surface area contributed by atoms with Gasteiger partial charge in [-0.2, -0.15) is 0 Å². The van der Waals surface area contributed by atoms with Crippen molar-refractivity contribution >= 4 is 22.9 Å². The van der Waals surface area contributed by atoms with Crippen LogP contribution in [0.2, 0.25) is 0 Å². The van der Waals surface area contributed by atoms with Gasteiger partial charge in [-0.3, -0.25) is 4.79 Å². The topological polar surface area (TPSA) is 54.0 Å². The van der Waals surface area contributed by atoms with Gasteiger partial charge in [-0.25, -0.2) is 4.98 Å². The summed E-state index contributed by atoms with van der Waals surface area (Å²) in [6, 6.07) is 8.07. The Kier molecular flexibility index (Phi) is 4.65. The zero-order valence-electron chi connectivity index (χ0n) is 11.0. The molecule has 1 aromatic heterocycles. The van der Waals surface area contributed by atoms with Crippen LogP contribution in [-0.4, -0.2) is 10.9 Å². The highest BCUT2D eigenvalue weighted by Gasteiger charge is 2.06. The molecule has 2 N–H and O–H groups in total. The van der Waals surface area contributed by atoms with Crippen LogP contribution in [0.1, 0.15) is 31.1 Å². The van der Waals surface area contributed by atoms with E-state index in [2.05, 4.69) is 22.5 Å². The zero-order valence-corrected chi connectivity index (χ0v) is 11.8. The summed E-state index contributed by atoms with van der Waals surface area (Å²) in [6.45, 7) is 4.35. The summed E-state index contributed by atoms with van der Waals surface area (Å²) >= 11 is 1.60. The molecule has 0 saturated carbocycles. The average molecular weight is 275 g/mol. The minimum Gasteiger partial charge on any atom is -0.326 e. The first-order valence-electron chi connectivity index (χ1n) is 6.13. The lowest BCUT2D eigenvalue weighted by molar-refractivity contribution is -0.114. The molecule has 19 heavy (non-hydrogen) atoms. The summed E-state index contributed by atoms with van der Waals surface area (Å²) in [5, 5.41) is 8.24. The van der Waals surface area contributed by atoms with Gasteiger partial charge in [0.25, 0.3) is 0 Å². The van der Waals surface area contributed by atoms with Gasteiger partial charge in [0.05, 0.1) is 11.2 Å². The Bertz CT molecular complexity index is 539. The van der Waals surface area contributed by atoms with Gasteiger partial charge in [-0.05, 0) is 24.6 Å². The summed E-state index contributed by atoms with van der Waals surface area (Å²) in [6.07, 6.45) is 0. The molecular weight excluding hydrogens is 258 g/mol. The second kappa shape index (κ2) is 6.45. The smallest absolute Gasteiger partial charge is 0.221 e. The quantitative estimate of drug-likeness (QED) is 0.882. The van der Waals surface area contributed by atoms with E-state index in [0.29, 0.717) is 0 Å². The first kappa shape index (κ1) is 13.7. The molecule has 1 amide bonds. The number of nitrogens with one attached hydrogen (secondary N) is 2. The minimum atomic E-state index is -0.0553. The van der Waals surface area contributed by atoms with Crippen LogP contribution < -0.4 is 10.6 Å². The molecule has 2 rings (SSSR count). The minimum absolute atomic E-state index is 0.0553. The Morgan fingerprint density at radius 2 is 2.32 bits per heavy atom. The highest BCUT2D eigenvalue weighted by Crippen LogP contribution is 2.18. The molecule has 1 aromatic carbocycles. The lowest BCUT2D eigenvalue weighted by Gasteiger charge is -2.14. The monoisotopic (exact) mass is 275 g/mol. The SMILES string of the molecule is CC(=O)Nc1cccc(C(C)NCc2cscn2)c1. The third kappa shape index (κ3) is 4.15. The van der Waals surface area contributed by atoms with Crippen LogP contribution in [0.15, 0.2) is 35.2 Å². The molecule has 0 radical (unpaired) electrons. The van der Waals surface area contributed by atoms with E-state index in [1.54, 1.807) is 11.3 Å². The van der Waals surface area contributed by atoms with Gasteiger partial charge < -0.3 is 10.6 Å². The van der Waals surface area contributed by atoms with Crippen molar-refractivity contribution in [1.82, 2.24) is 10.3 Å². The number of aromatic nitrogens is 1. The molecule has 1 atom stereocenters. The predicted molar refractivity (Wildman–Crippen MR) is 78.1 cm³/mol. The van der Waals surface area contributed by atoms with Crippen LogP contribution in [0.5, 0.6) is 0 Å². The molecule has 4 nitrogen and oxygen atoms in total. The van der Waals surface area contributed by atoms with E-state index >= 15 is 0 Å². The lowest BCUT2D eigenvalue weighted by Crippen LogP contribution is -2.18. The molecule has 0 spiro atoms. The summed E-state index contributed by atoms with van der Waals surface area (Å²) in [5.74, 6) is -0.0553. The number of rotatable bonds is 5. The Hall–Kier alpha value is -1.72. The van der Waals surface area contributed by atoms with Crippen molar-refractivity contribution in [2.75, 3.05) is 5.32 Å². The van der Waals surface area contributed by atoms with E-state index in [4.69, 9.17) is 0 Å². The second-order valence-electron chi connectivity index (χ2n) is 4.39. The summed E-state index contributed by atoms with van der Waals surface area (Å²) in [7, 11) is 0. The first-order valence-corrected chi connectivity index (χ1v) is 7.07. The molecule has 1 unspecified atom stereocenters. The number of hydrogen-bond acceptors (Lipinski definition) is 4. The van der Waals surface area contributed by atoms with Crippen LogP contribution in [0.4, 0.5) is 5.69 Å². The normalized spacial score (nSPS) is 12.1. The van der Waals surface area contributed by atoms with Crippen LogP contribution in [0.25, 0.3) is 0 Å². The van der Waals surface area contributed by atoms with Gasteiger partial charge in [0.15, 0.2) is 0 Å². The van der Waals surface area contributed by atoms with Gasteiger partial charge in [0.2, 0.25) is 5.91 Å². The molecule has 0 bridgehead atoms. The van der Waals surface area contributed by atoms with E-state index in [1.165, 1.54) is 6.92 Å². The Morgan fingerprint density at radius 1 is 1.47 bits per heavy atom. The van der Waals surface area contributed by atoms with Gasteiger partial charge in [-0.1, -0.05) is 12.1 Å². The van der Waals surface area contributed by atoms with E-state index in [0.717, 1.165) is 23.5 Å². The summed E-state index contributed by atoms with van der Waals surface area (Å²) in [4.78, 5) is 15.3. The van der Waals surface area contributed by atoms with Crippen molar-refractivity contribution < 1.29 is 4.79 Å². The Labute approximate surface area is 116 Å². The maximum atomic E-state index is 11.0. The van der Waals surface area contributed by atoms with Crippen LogP contribution in [-0.2, 0) is 11.3 Å². The third-order valence-electron chi connectivity index (χ3n) is 2.78. The van der Waals surface area contributed by atoms with Crippen molar-refractivity contribution in [3.8, 4) is 0 Å². The highest BCUT2D eigenvalue weighted by atomic mass is 32.1. The number of amides is 1. The molecule has 0 aliphatic carbocycles. The highest BCUT2D eigenvalue weighted by molar-refractivity contribution is 7.07. The van der Waals surface area contributed by atoms with Crippen LogP contribution in [0, 0.1) is 0 Å².